The molecule has 6 nitrogen and oxygen atoms in total. The number of rotatable bonds is 7. The molecule has 3 rings (SSSR count). The average Bonchev–Trinajstić information content (AvgIpc) is 3.15. The third kappa shape index (κ3) is 4.84. The maximum Gasteiger partial charge on any atom is 0.223 e. The van der Waals surface area contributed by atoms with Crippen LogP contribution in [0.2, 0.25) is 0 Å². The quantitative estimate of drug-likeness (QED) is 0.598. The number of Topliss-reactive ketones (excluding diaryl/α,β-unsaturated/α-hetero) is 1. The van der Waals surface area contributed by atoms with Crippen LogP contribution in [0.3, 0.4) is 0 Å². The largest absolute Gasteiger partial charge is 0.359 e. The van der Waals surface area contributed by atoms with E-state index < -0.39 is 5.82 Å². The van der Waals surface area contributed by atoms with Crippen LogP contribution in [0.15, 0.2) is 59.4 Å². The van der Waals surface area contributed by atoms with Crippen LogP contribution < -0.4 is 0 Å². The minimum Gasteiger partial charge on any atom is -0.359 e. The topological polar surface area (TPSA) is 76.3 Å². The zero-order chi connectivity index (χ0) is 19.2. The number of benzene rings is 1. The molecule has 138 valence electrons. The fraction of sp³-hybridized carbons (Fsp3) is 0.200. The molecule has 3 aromatic rings. The second-order valence-corrected chi connectivity index (χ2v) is 6.09. The normalized spacial score (nSPS) is 10.6. The summed E-state index contributed by atoms with van der Waals surface area (Å²) in [4.78, 5) is 29.8. The van der Waals surface area contributed by atoms with Gasteiger partial charge in [-0.05, 0) is 36.4 Å². The van der Waals surface area contributed by atoms with Gasteiger partial charge >= 0.3 is 0 Å². The summed E-state index contributed by atoms with van der Waals surface area (Å²) in [7, 11) is 1.64. The van der Waals surface area contributed by atoms with E-state index in [0.717, 1.165) is 5.56 Å². The number of amides is 1. The number of carbonyl (C=O) groups is 2. The zero-order valence-corrected chi connectivity index (χ0v) is 14.8. The summed E-state index contributed by atoms with van der Waals surface area (Å²) >= 11 is 0. The first-order valence-electron chi connectivity index (χ1n) is 8.41. The van der Waals surface area contributed by atoms with Gasteiger partial charge in [0.2, 0.25) is 5.91 Å². The van der Waals surface area contributed by atoms with Gasteiger partial charge in [-0.3, -0.25) is 14.6 Å². The Morgan fingerprint density at radius 2 is 1.78 bits per heavy atom. The van der Waals surface area contributed by atoms with Crippen LogP contribution >= 0.6 is 0 Å². The molecule has 0 spiro atoms. The van der Waals surface area contributed by atoms with E-state index in [1.54, 1.807) is 25.5 Å². The number of aromatic nitrogens is 2. The van der Waals surface area contributed by atoms with Crippen LogP contribution in [0, 0.1) is 5.82 Å². The monoisotopic (exact) mass is 367 g/mol. The summed E-state index contributed by atoms with van der Waals surface area (Å²) in [5.41, 5.74) is 1.93. The maximum atomic E-state index is 12.9. The molecular weight excluding hydrogens is 349 g/mol. The van der Waals surface area contributed by atoms with Crippen LogP contribution in [0.5, 0.6) is 0 Å². The molecule has 27 heavy (non-hydrogen) atoms. The Hall–Kier alpha value is -3.35. The number of carbonyl (C=O) groups excluding carboxylic acids is 2. The maximum absolute atomic E-state index is 12.9. The lowest BCUT2D eigenvalue weighted by molar-refractivity contribution is -0.130. The third-order valence-electron chi connectivity index (χ3n) is 4.09. The summed E-state index contributed by atoms with van der Waals surface area (Å²) < 4.78 is 18.2. The Morgan fingerprint density at radius 1 is 1.07 bits per heavy atom. The van der Waals surface area contributed by atoms with Gasteiger partial charge in [0.25, 0.3) is 0 Å². The molecule has 0 saturated heterocycles. The second kappa shape index (κ2) is 8.35. The summed E-state index contributed by atoms with van der Waals surface area (Å²) in [6, 6.07) is 10.7. The standard InChI is InChI=1S/C20H18FN3O3/c1-24(13-17-12-18(23-27-17)14-8-10-22-11-9-14)20(26)7-6-19(25)15-2-4-16(21)5-3-15/h2-5,8-12H,6-7,13H2,1H3. The van der Waals surface area contributed by atoms with Gasteiger partial charge in [0.15, 0.2) is 11.5 Å². The molecule has 0 saturated carbocycles. The summed E-state index contributed by atoms with van der Waals surface area (Å²) in [5, 5.41) is 3.99. The molecule has 7 heteroatoms. The minimum atomic E-state index is -0.402. The minimum absolute atomic E-state index is 0.0630. The van der Waals surface area contributed by atoms with E-state index in [2.05, 4.69) is 10.1 Å². The van der Waals surface area contributed by atoms with Crippen molar-refractivity contribution in [1.82, 2.24) is 15.0 Å². The predicted octanol–water partition coefficient (Wildman–Crippen LogP) is 3.50. The van der Waals surface area contributed by atoms with Crippen molar-refractivity contribution < 1.29 is 18.5 Å². The highest BCUT2D eigenvalue weighted by Crippen LogP contribution is 2.19. The fourth-order valence-corrected chi connectivity index (χ4v) is 2.56. The van der Waals surface area contributed by atoms with Crippen LogP contribution in [-0.4, -0.2) is 33.8 Å². The van der Waals surface area contributed by atoms with Crippen molar-refractivity contribution in [1.29, 1.82) is 0 Å². The molecule has 0 radical (unpaired) electrons. The average molecular weight is 367 g/mol. The van der Waals surface area contributed by atoms with Crippen LogP contribution in [0.25, 0.3) is 11.3 Å². The van der Waals surface area contributed by atoms with Gasteiger partial charge in [-0.15, -0.1) is 0 Å². The number of pyridine rings is 1. The van der Waals surface area contributed by atoms with Crippen LogP contribution in [0.4, 0.5) is 4.39 Å². The van der Waals surface area contributed by atoms with Gasteiger partial charge in [0.05, 0.1) is 6.54 Å². The molecule has 0 aliphatic heterocycles. The van der Waals surface area contributed by atoms with Crippen molar-refractivity contribution in [2.75, 3.05) is 7.05 Å². The van der Waals surface area contributed by atoms with Gasteiger partial charge in [0.1, 0.15) is 11.5 Å². The Bertz CT molecular complexity index is 923. The first-order chi connectivity index (χ1) is 13.0. The third-order valence-corrected chi connectivity index (χ3v) is 4.09. The molecule has 0 N–H and O–H groups in total. The van der Waals surface area contributed by atoms with Crippen LogP contribution in [0.1, 0.15) is 29.0 Å². The number of hydrogen-bond donors (Lipinski definition) is 0. The SMILES string of the molecule is CN(Cc1cc(-c2ccncc2)no1)C(=O)CCC(=O)c1ccc(F)cc1. The summed E-state index contributed by atoms with van der Waals surface area (Å²) in [6.07, 6.45) is 3.46. The number of nitrogens with zero attached hydrogens (tertiary/aromatic N) is 3. The molecule has 2 aromatic heterocycles. The highest BCUT2D eigenvalue weighted by molar-refractivity contribution is 5.97. The Labute approximate surface area is 155 Å². The van der Waals surface area contributed by atoms with Gasteiger partial charge < -0.3 is 9.42 Å². The second-order valence-electron chi connectivity index (χ2n) is 6.09. The highest BCUT2D eigenvalue weighted by Gasteiger charge is 2.15. The van der Waals surface area contributed by atoms with Gasteiger partial charge in [-0.1, -0.05) is 5.16 Å². The molecule has 1 aromatic carbocycles. The van der Waals surface area contributed by atoms with E-state index in [-0.39, 0.29) is 31.1 Å². The van der Waals surface area contributed by atoms with Crippen molar-refractivity contribution in [2.45, 2.75) is 19.4 Å². The lowest BCUT2D eigenvalue weighted by Crippen LogP contribution is -2.26. The van der Waals surface area contributed by atoms with E-state index in [9.17, 15) is 14.0 Å². The molecule has 0 bridgehead atoms. The van der Waals surface area contributed by atoms with E-state index in [1.807, 2.05) is 12.1 Å². The van der Waals surface area contributed by atoms with Gasteiger partial charge in [-0.25, -0.2) is 4.39 Å². The number of ketones is 1. The van der Waals surface area contributed by atoms with Gasteiger partial charge in [-0.2, -0.15) is 0 Å². The smallest absolute Gasteiger partial charge is 0.223 e. The fourth-order valence-electron chi connectivity index (χ4n) is 2.56. The molecule has 0 fully saturated rings. The van der Waals surface area contributed by atoms with E-state index >= 15 is 0 Å². The van der Waals surface area contributed by atoms with Crippen molar-refractivity contribution in [3.8, 4) is 11.3 Å². The first-order valence-corrected chi connectivity index (χ1v) is 8.41. The molecule has 0 aliphatic carbocycles. The first kappa shape index (κ1) is 18.4. The Balaban J connectivity index is 1.53. The lowest BCUT2D eigenvalue weighted by atomic mass is 10.1. The van der Waals surface area contributed by atoms with Crippen LogP contribution in [-0.2, 0) is 11.3 Å². The number of hydrogen-bond acceptors (Lipinski definition) is 5. The molecule has 1 amide bonds. The van der Waals surface area contributed by atoms with E-state index in [1.165, 1.54) is 29.2 Å². The van der Waals surface area contributed by atoms with Crippen molar-refractivity contribution >= 4 is 11.7 Å². The lowest BCUT2D eigenvalue weighted by Gasteiger charge is -2.14. The highest BCUT2D eigenvalue weighted by atomic mass is 19.1. The number of halogens is 1. The Kier molecular flexibility index (Phi) is 5.71. The van der Waals surface area contributed by atoms with E-state index in [0.29, 0.717) is 17.0 Å². The predicted molar refractivity (Wildman–Crippen MR) is 96.2 cm³/mol. The summed E-state index contributed by atoms with van der Waals surface area (Å²) in [6.45, 7) is 0.252. The Morgan fingerprint density at radius 3 is 2.48 bits per heavy atom. The van der Waals surface area contributed by atoms with Gasteiger partial charge in [0, 0.05) is 49.5 Å². The molecule has 2 heterocycles. The molecular formula is C20H18FN3O3. The molecule has 0 aliphatic rings. The van der Waals surface area contributed by atoms with E-state index in [4.69, 9.17) is 4.52 Å². The summed E-state index contributed by atoms with van der Waals surface area (Å²) in [5.74, 6) is -0.244. The van der Waals surface area contributed by atoms with Crippen molar-refractivity contribution in [3.63, 3.8) is 0 Å². The molecule has 0 atom stereocenters. The van der Waals surface area contributed by atoms with Crippen molar-refractivity contribution in [2.24, 2.45) is 0 Å². The van der Waals surface area contributed by atoms with Crippen molar-refractivity contribution in [3.05, 3.63) is 72.0 Å². The molecule has 0 unspecified atom stereocenters. The zero-order valence-electron chi connectivity index (χ0n) is 14.8.